The molecule has 0 spiro atoms. The van der Waals surface area contributed by atoms with Crippen LogP contribution in [0.2, 0.25) is 0 Å². The number of likely N-dealkylation sites (tertiary alicyclic amines) is 1. The van der Waals surface area contributed by atoms with Gasteiger partial charge in [0.1, 0.15) is 0 Å². The molecule has 2 heterocycles. The highest BCUT2D eigenvalue weighted by atomic mass is 16.5. The van der Waals surface area contributed by atoms with Crippen LogP contribution in [0, 0.1) is 0 Å². The van der Waals surface area contributed by atoms with E-state index >= 15 is 0 Å². The van der Waals surface area contributed by atoms with Gasteiger partial charge < -0.3 is 24.6 Å². The van der Waals surface area contributed by atoms with Crippen LogP contribution in [-0.4, -0.2) is 87.0 Å². The van der Waals surface area contributed by atoms with Gasteiger partial charge in [0, 0.05) is 32.8 Å². The summed E-state index contributed by atoms with van der Waals surface area (Å²) < 4.78 is 11.7. The van der Waals surface area contributed by atoms with Crippen LogP contribution in [0.5, 0.6) is 0 Å². The van der Waals surface area contributed by atoms with E-state index < -0.39 is 0 Å². The third-order valence-electron chi connectivity index (χ3n) is 5.28. The summed E-state index contributed by atoms with van der Waals surface area (Å²) in [5, 5.41) is 3.46. The van der Waals surface area contributed by atoms with Gasteiger partial charge in [-0.1, -0.05) is 13.8 Å². The first kappa shape index (κ1) is 21.5. The molecule has 0 saturated carbocycles. The minimum Gasteiger partial charge on any atom is -0.376 e. The lowest BCUT2D eigenvalue weighted by molar-refractivity contribution is -0.0367. The molecule has 2 aliphatic heterocycles. The van der Waals surface area contributed by atoms with Gasteiger partial charge in [-0.3, -0.25) is 4.99 Å². The van der Waals surface area contributed by atoms with Crippen molar-refractivity contribution in [1.29, 1.82) is 0 Å². The minimum atomic E-state index is 0.330. The zero-order chi connectivity index (χ0) is 18.6. The van der Waals surface area contributed by atoms with Crippen molar-refractivity contribution in [3.63, 3.8) is 0 Å². The van der Waals surface area contributed by atoms with Crippen molar-refractivity contribution in [2.45, 2.75) is 65.1 Å². The molecular weight excluding hydrogens is 328 g/mol. The Kier molecular flexibility index (Phi) is 10.3. The summed E-state index contributed by atoms with van der Waals surface area (Å²) >= 11 is 0. The summed E-state index contributed by atoms with van der Waals surface area (Å²) in [4.78, 5) is 9.74. The van der Waals surface area contributed by atoms with Crippen LogP contribution in [0.25, 0.3) is 0 Å². The maximum atomic E-state index is 6.09. The topological polar surface area (TPSA) is 49.3 Å². The minimum absolute atomic E-state index is 0.330. The maximum Gasteiger partial charge on any atom is 0.193 e. The number of ether oxygens (including phenoxy) is 2. The number of likely N-dealkylation sites (N-methyl/N-ethyl adjacent to an activating group) is 1. The van der Waals surface area contributed by atoms with E-state index in [0.717, 1.165) is 84.2 Å². The van der Waals surface area contributed by atoms with Crippen LogP contribution in [0.15, 0.2) is 4.99 Å². The van der Waals surface area contributed by atoms with Gasteiger partial charge in [-0.05, 0) is 52.1 Å². The Bertz CT molecular complexity index is 391. The second kappa shape index (κ2) is 12.5. The Balaban J connectivity index is 1.72. The molecule has 2 aliphatic rings. The molecule has 1 unspecified atom stereocenters. The van der Waals surface area contributed by atoms with E-state index in [9.17, 15) is 0 Å². The molecule has 0 radical (unpaired) electrons. The molecule has 26 heavy (non-hydrogen) atoms. The normalized spacial score (nSPS) is 22.4. The highest BCUT2D eigenvalue weighted by Gasteiger charge is 2.24. The summed E-state index contributed by atoms with van der Waals surface area (Å²) in [6, 6.07) is 0. The molecule has 152 valence electrons. The Morgan fingerprint density at radius 1 is 1.19 bits per heavy atom. The number of nitrogens with one attached hydrogen (secondary N) is 1. The standard InChI is InChI=1S/C20H40N4O2/c1-4-12-23(6-3)15-11-22-20(21-5-2)24-13-9-18(10-14-24)26-17-19-8-7-16-25-19/h18-19H,4-17H2,1-3H3,(H,21,22). The molecule has 1 N–H and O–H groups in total. The van der Waals surface area contributed by atoms with Gasteiger partial charge in [0.25, 0.3) is 0 Å². The Morgan fingerprint density at radius 2 is 2.00 bits per heavy atom. The van der Waals surface area contributed by atoms with E-state index in [1.54, 1.807) is 0 Å². The maximum absolute atomic E-state index is 6.09. The number of piperidine rings is 1. The van der Waals surface area contributed by atoms with Crippen molar-refractivity contribution in [2.75, 3.05) is 59.0 Å². The van der Waals surface area contributed by atoms with Crippen LogP contribution in [-0.2, 0) is 9.47 Å². The molecule has 0 bridgehead atoms. The summed E-state index contributed by atoms with van der Waals surface area (Å²) in [5.41, 5.74) is 0. The summed E-state index contributed by atoms with van der Waals surface area (Å²) in [6.45, 7) is 15.4. The molecule has 6 heteroatoms. The van der Waals surface area contributed by atoms with Crippen molar-refractivity contribution in [1.82, 2.24) is 15.1 Å². The lowest BCUT2D eigenvalue weighted by atomic mass is 10.1. The van der Waals surface area contributed by atoms with E-state index in [0.29, 0.717) is 12.2 Å². The number of aliphatic imine (C=N–C) groups is 1. The van der Waals surface area contributed by atoms with Crippen molar-refractivity contribution < 1.29 is 9.47 Å². The molecule has 2 rings (SSSR count). The third-order valence-corrected chi connectivity index (χ3v) is 5.28. The smallest absolute Gasteiger partial charge is 0.193 e. The van der Waals surface area contributed by atoms with Crippen molar-refractivity contribution in [3.05, 3.63) is 0 Å². The van der Waals surface area contributed by atoms with Crippen LogP contribution in [0.1, 0.15) is 52.9 Å². The van der Waals surface area contributed by atoms with Gasteiger partial charge in [-0.15, -0.1) is 0 Å². The van der Waals surface area contributed by atoms with Crippen molar-refractivity contribution in [3.8, 4) is 0 Å². The van der Waals surface area contributed by atoms with E-state index in [4.69, 9.17) is 14.5 Å². The lowest BCUT2D eigenvalue weighted by Crippen LogP contribution is -2.47. The quantitative estimate of drug-likeness (QED) is 0.474. The number of rotatable bonds is 10. The fourth-order valence-corrected chi connectivity index (χ4v) is 3.72. The molecule has 2 fully saturated rings. The molecule has 1 atom stereocenters. The highest BCUT2D eigenvalue weighted by Crippen LogP contribution is 2.17. The number of hydrogen-bond acceptors (Lipinski definition) is 4. The zero-order valence-corrected chi connectivity index (χ0v) is 17.2. The molecule has 6 nitrogen and oxygen atoms in total. The van der Waals surface area contributed by atoms with Gasteiger partial charge in [0.05, 0.1) is 25.4 Å². The fraction of sp³-hybridized carbons (Fsp3) is 0.950. The van der Waals surface area contributed by atoms with Crippen LogP contribution < -0.4 is 5.32 Å². The van der Waals surface area contributed by atoms with Crippen LogP contribution >= 0.6 is 0 Å². The predicted octanol–water partition coefficient (Wildman–Crippen LogP) is 2.34. The fourth-order valence-electron chi connectivity index (χ4n) is 3.72. The van der Waals surface area contributed by atoms with Crippen LogP contribution in [0.4, 0.5) is 0 Å². The Morgan fingerprint density at radius 3 is 2.62 bits per heavy atom. The SMILES string of the molecule is CCCN(CC)CCN=C(NCC)N1CCC(OCC2CCCO2)CC1. The van der Waals surface area contributed by atoms with E-state index in [-0.39, 0.29) is 0 Å². The predicted molar refractivity (Wildman–Crippen MR) is 108 cm³/mol. The first-order chi connectivity index (χ1) is 12.8. The lowest BCUT2D eigenvalue weighted by Gasteiger charge is -2.34. The molecule has 0 amide bonds. The summed E-state index contributed by atoms with van der Waals surface area (Å²) in [6.07, 6.45) is 6.40. The van der Waals surface area contributed by atoms with Gasteiger partial charge in [-0.25, -0.2) is 0 Å². The highest BCUT2D eigenvalue weighted by molar-refractivity contribution is 5.80. The summed E-state index contributed by atoms with van der Waals surface area (Å²) in [7, 11) is 0. The average Bonchev–Trinajstić information content (AvgIpc) is 3.19. The molecule has 0 aliphatic carbocycles. The first-order valence-electron chi connectivity index (χ1n) is 10.8. The molecule has 0 aromatic rings. The number of guanidine groups is 1. The van der Waals surface area contributed by atoms with Gasteiger partial charge >= 0.3 is 0 Å². The summed E-state index contributed by atoms with van der Waals surface area (Å²) in [5.74, 6) is 1.07. The Labute approximate surface area is 160 Å². The van der Waals surface area contributed by atoms with Crippen LogP contribution in [0.3, 0.4) is 0 Å². The molecular formula is C20H40N4O2. The second-order valence-electron chi connectivity index (χ2n) is 7.32. The first-order valence-corrected chi connectivity index (χ1v) is 10.8. The Hall–Kier alpha value is -0.850. The van der Waals surface area contributed by atoms with Gasteiger partial charge in [0.2, 0.25) is 0 Å². The number of nitrogens with zero attached hydrogens (tertiary/aromatic N) is 3. The zero-order valence-electron chi connectivity index (χ0n) is 17.2. The van der Waals surface area contributed by atoms with Gasteiger partial charge in [0.15, 0.2) is 5.96 Å². The van der Waals surface area contributed by atoms with E-state index in [2.05, 4.69) is 35.9 Å². The van der Waals surface area contributed by atoms with E-state index in [1.165, 1.54) is 12.8 Å². The van der Waals surface area contributed by atoms with Gasteiger partial charge in [-0.2, -0.15) is 0 Å². The second-order valence-corrected chi connectivity index (χ2v) is 7.32. The average molecular weight is 369 g/mol. The largest absolute Gasteiger partial charge is 0.376 e. The molecule has 0 aromatic carbocycles. The molecule has 0 aromatic heterocycles. The van der Waals surface area contributed by atoms with Crippen molar-refractivity contribution >= 4 is 5.96 Å². The monoisotopic (exact) mass is 368 g/mol. The van der Waals surface area contributed by atoms with E-state index in [1.807, 2.05) is 0 Å². The third kappa shape index (κ3) is 7.41. The number of hydrogen-bond donors (Lipinski definition) is 1. The molecule has 2 saturated heterocycles. The van der Waals surface area contributed by atoms with Crippen molar-refractivity contribution in [2.24, 2.45) is 4.99 Å².